The van der Waals surface area contributed by atoms with Crippen LogP contribution in [-0.4, -0.2) is 26.7 Å². The molecular formula is C23H21ClN2O5S. The Morgan fingerprint density at radius 3 is 2.34 bits per heavy atom. The predicted molar refractivity (Wildman–Crippen MR) is 124 cm³/mol. The van der Waals surface area contributed by atoms with Crippen molar-refractivity contribution < 1.29 is 22.7 Å². The van der Waals surface area contributed by atoms with Gasteiger partial charge in [-0.2, -0.15) is 0 Å². The number of nitrogens with one attached hydrogen (secondary N) is 2. The van der Waals surface area contributed by atoms with Gasteiger partial charge in [-0.05, 0) is 43.3 Å². The third-order valence-corrected chi connectivity index (χ3v) is 5.98. The minimum Gasteiger partial charge on any atom is -0.492 e. The maximum Gasteiger partial charge on any atom is 0.261 e. The number of ketones is 1. The first-order chi connectivity index (χ1) is 15.2. The van der Waals surface area contributed by atoms with Gasteiger partial charge in [-0.3, -0.25) is 14.3 Å². The molecule has 0 aliphatic rings. The Balaban J connectivity index is 2.00. The highest BCUT2D eigenvalue weighted by molar-refractivity contribution is 7.92. The fourth-order valence-electron chi connectivity index (χ4n) is 2.99. The Kier molecular flexibility index (Phi) is 7.17. The summed E-state index contributed by atoms with van der Waals surface area (Å²) in [7, 11) is -4.11. The molecule has 7 nitrogen and oxygen atoms in total. The fourth-order valence-corrected chi connectivity index (χ4v) is 4.26. The monoisotopic (exact) mass is 472 g/mol. The van der Waals surface area contributed by atoms with E-state index in [1.165, 1.54) is 43.3 Å². The number of hydrogen-bond donors (Lipinski definition) is 2. The number of anilines is 2. The highest BCUT2D eigenvalue weighted by Gasteiger charge is 2.21. The van der Waals surface area contributed by atoms with Crippen LogP contribution in [0.5, 0.6) is 5.75 Å². The summed E-state index contributed by atoms with van der Waals surface area (Å²) in [6.45, 7) is 3.42. The van der Waals surface area contributed by atoms with Crippen LogP contribution in [0.1, 0.15) is 29.8 Å². The van der Waals surface area contributed by atoms with Crippen molar-refractivity contribution in [1.82, 2.24) is 0 Å². The number of sulfonamides is 1. The van der Waals surface area contributed by atoms with Gasteiger partial charge in [-0.15, -0.1) is 0 Å². The predicted octanol–water partition coefficient (Wildman–Crippen LogP) is 4.73. The van der Waals surface area contributed by atoms with Crippen LogP contribution in [0.3, 0.4) is 0 Å². The van der Waals surface area contributed by atoms with Crippen LogP contribution in [0, 0.1) is 0 Å². The molecule has 166 valence electrons. The molecule has 32 heavy (non-hydrogen) atoms. The van der Waals surface area contributed by atoms with Crippen LogP contribution in [0.4, 0.5) is 11.4 Å². The fraction of sp³-hybridized carbons (Fsp3) is 0.130. The van der Waals surface area contributed by atoms with E-state index in [-0.39, 0.29) is 33.5 Å². The summed E-state index contributed by atoms with van der Waals surface area (Å²) in [6, 6.07) is 16.9. The van der Waals surface area contributed by atoms with Crippen molar-refractivity contribution in [3.05, 3.63) is 82.9 Å². The second-order valence-corrected chi connectivity index (χ2v) is 8.88. The van der Waals surface area contributed by atoms with Crippen molar-refractivity contribution in [2.75, 3.05) is 16.6 Å². The van der Waals surface area contributed by atoms with Crippen molar-refractivity contribution in [1.29, 1.82) is 0 Å². The summed E-state index contributed by atoms with van der Waals surface area (Å²) < 4.78 is 34.1. The minimum atomic E-state index is -4.11. The average Bonchev–Trinajstić information content (AvgIpc) is 2.76. The molecule has 0 radical (unpaired) electrons. The van der Waals surface area contributed by atoms with Gasteiger partial charge < -0.3 is 10.1 Å². The number of rotatable bonds is 8. The molecular weight excluding hydrogens is 452 g/mol. The van der Waals surface area contributed by atoms with Gasteiger partial charge >= 0.3 is 0 Å². The normalized spacial score (nSPS) is 11.0. The summed E-state index contributed by atoms with van der Waals surface area (Å²) >= 11 is 6.07. The summed E-state index contributed by atoms with van der Waals surface area (Å²) in [5.74, 6) is -0.411. The molecule has 0 aliphatic carbocycles. The zero-order valence-corrected chi connectivity index (χ0v) is 19.0. The van der Waals surface area contributed by atoms with Crippen LogP contribution in [-0.2, 0) is 14.8 Å². The molecule has 0 fully saturated rings. The highest BCUT2D eigenvalue weighted by atomic mass is 35.5. The largest absolute Gasteiger partial charge is 0.492 e. The second kappa shape index (κ2) is 9.84. The van der Waals surface area contributed by atoms with Crippen LogP contribution in [0.2, 0.25) is 5.02 Å². The zero-order valence-electron chi connectivity index (χ0n) is 17.4. The van der Waals surface area contributed by atoms with Crippen LogP contribution in [0.15, 0.2) is 71.6 Å². The van der Waals surface area contributed by atoms with Gasteiger partial charge in [0.25, 0.3) is 10.0 Å². The van der Waals surface area contributed by atoms with E-state index in [2.05, 4.69) is 10.0 Å². The van der Waals surface area contributed by atoms with Crippen molar-refractivity contribution in [3.8, 4) is 5.75 Å². The van der Waals surface area contributed by atoms with Crippen LogP contribution in [0.25, 0.3) is 0 Å². The van der Waals surface area contributed by atoms with Crippen molar-refractivity contribution in [3.63, 3.8) is 0 Å². The van der Waals surface area contributed by atoms with Gasteiger partial charge in [0.2, 0.25) is 5.91 Å². The van der Waals surface area contributed by atoms with Crippen molar-refractivity contribution >= 4 is 44.7 Å². The first kappa shape index (κ1) is 23.3. The van der Waals surface area contributed by atoms with E-state index in [1.54, 1.807) is 37.3 Å². The molecule has 3 rings (SSSR count). The van der Waals surface area contributed by atoms with E-state index in [1.807, 2.05) is 0 Å². The maximum atomic E-state index is 13.1. The summed E-state index contributed by atoms with van der Waals surface area (Å²) in [5.41, 5.74) is 0.807. The first-order valence-corrected chi connectivity index (χ1v) is 11.5. The van der Waals surface area contributed by atoms with Crippen LogP contribution >= 0.6 is 11.6 Å². The average molecular weight is 473 g/mol. The SMILES string of the molecule is CCOc1ccc(S(=O)(=O)Nc2ccc(Cl)cc2C(=O)c2ccccc2)cc1NC(C)=O. The lowest BCUT2D eigenvalue weighted by atomic mass is 10.0. The number of carbonyl (C=O) groups is 2. The van der Waals surface area contributed by atoms with E-state index in [4.69, 9.17) is 16.3 Å². The highest BCUT2D eigenvalue weighted by Crippen LogP contribution is 2.30. The molecule has 3 aromatic rings. The van der Waals surface area contributed by atoms with Gasteiger partial charge in [0, 0.05) is 23.1 Å². The molecule has 0 atom stereocenters. The third kappa shape index (κ3) is 5.46. The second-order valence-electron chi connectivity index (χ2n) is 6.76. The van der Waals surface area contributed by atoms with Crippen molar-refractivity contribution in [2.24, 2.45) is 0 Å². The molecule has 2 N–H and O–H groups in total. The number of carbonyl (C=O) groups excluding carboxylic acids is 2. The molecule has 0 heterocycles. The Morgan fingerprint density at radius 2 is 1.69 bits per heavy atom. The van der Waals surface area contributed by atoms with Gasteiger partial charge in [-0.1, -0.05) is 41.9 Å². The number of amides is 1. The Morgan fingerprint density at radius 1 is 0.969 bits per heavy atom. The molecule has 0 aliphatic heterocycles. The minimum absolute atomic E-state index is 0.0817. The Hall–Kier alpha value is -3.36. The molecule has 1 amide bonds. The number of benzene rings is 3. The van der Waals surface area contributed by atoms with E-state index in [0.29, 0.717) is 22.9 Å². The molecule has 0 unspecified atom stereocenters. The summed E-state index contributed by atoms with van der Waals surface area (Å²) in [5, 5.41) is 2.86. The smallest absolute Gasteiger partial charge is 0.261 e. The quantitative estimate of drug-likeness (QED) is 0.461. The van der Waals surface area contributed by atoms with E-state index < -0.39 is 10.0 Å². The molecule has 0 bridgehead atoms. The van der Waals surface area contributed by atoms with E-state index in [0.717, 1.165) is 0 Å². The lowest BCUT2D eigenvalue weighted by Gasteiger charge is -2.15. The standard InChI is InChI=1S/C23H21ClN2O5S/c1-3-31-22-12-10-18(14-21(22)25-15(2)27)32(29,30)26-20-11-9-17(24)13-19(20)23(28)16-7-5-4-6-8-16/h4-14,26H,3H2,1-2H3,(H,25,27). The molecule has 9 heteroatoms. The Labute approximate surface area is 191 Å². The molecule has 3 aromatic carbocycles. The zero-order chi connectivity index (χ0) is 23.3. The maximum absolute atomic E-state index is 13.1. The van der Waals surface area contributed by atoms with Gasteiger partial charge in [0.1, 0.15) is 5.75 Å². The van der Waals surface area contributed by atoms with E-state index in [9.17, 15) is 18.0 Å². The molecule has 0 spiro atoms. The molecule has 0 aromatic heterocycles. The van der Waals surface area contributed by atoms with E-state index >= 15 is 0 Å². The third-order valence-electron chi connectivity index (χ3n) is 4.38. The lowest BCUT2D eigenvalue weighted by molar-refractivity contribution is -0.114. The Bertz CT molecular complexity index is 1260. The summed E-state index contributed by atoms with van der Waals surface area (Å²) in [4.78, 5) is 24.4. The van der Waals surface area contributed by atoms with Crippen molar-refractivity contribution in [2.45, 2.75) is 18.7 Å². The number of ether oxygens (including phenoxy) is 1. The van der Waals surface area contributed by atoms with Gasteiger partial charge in [0.15, 0.2) is 5.78 Å². The molecule has 0 saturated heterocycles. The topological polar surface area (TPSA) is 102 Å². The summed E-state index contributed by atoms with van der Waals surface area (Å²) in [6.07, 6.45) is 0. The van der Waals surface area contributed by atoms with Gasteiger partial charge in [0.05, 0.1) is 22.9 Å². The lowest BCUT2D eigenvalue weighted by Crippen LogP contribution is -2.17. The van der Waals surface area contributed by atoms with Crippen LogP contribution < -0.4 is 14.8 Å². The first-order valence-electron chi connectivity index (χ1n) is 9.68. The van der Waals surface area contributed by atoms with Gasteiger partial charge in [-0.25, -0.2) is 8.42 Å². The molecule has 0 saturated carbocycles. The number of halogens is 1. The number of hydrogen-bond acceptors (Lipinski definition) is 5.